The van der Waals surface area contributed by atoms with Crippen LogP contribution in [0.25, 0.3) is 0 Å². The molecule has 0 unspecified atom stereocenters. The quantitative estimate of drug-likeness (QED) is 0.655. The Morgan fingerprint density at radius 1 is 1.62 bits per heavy atom. The van der Waals surface area contributed by atoms with E-state index in [9.17, 15) is 4.79 Å². The Morgan fingerprint density at radius 2 is 2.23 bits per heavy atom. The average Bonchev–Trinajstić information content (AvgIpc) is 2.28. The minimum atomic E-state index is -0.0626. The van der Waals surface area contributed by atoms with Crippen molar-refractivity contribution in [3.63, 3.8) is 0 Å². The van der Waals surface area contributed by atoms with Gasteiger partial charge in [0.1, 0.15) is 5.82 Å². The molecule has 0 aromatic carbocycles. The van der Waals surface area contributed by atoms with Gasteiger partial charge in [0.25, 0.3) is 0 Å². The predicted octanol–water partition coefficient (Wildman–Crippen LogP) is 1.12. The smallest absolute Gasteiger partial charge is 0.277 e. The summed E-state index contributed by atoms with van der Waals surface area (Å²) in [6.45, 7) is 9.81. The maximum absolute atomic E-state index is 11.6. The molecular weight excluding hydrogens is 166 g/mol. The van der Waals surface area contributed by atoms with Crippen molar-refractivity contribution in [2.45, 2.75) is 33.4 Å². The normalized spacial score (nSPS) is 10.8. The third-order valence-electron chi connectivity index (χ3n) is 1.86. The molecule has 0 N–H and O–H groups in total. The highest BCUT2D eigenvalue weighted by Gasteiger charge is 2.10. The first-order chi connectivity index (χ1) is 6.07. The van der Waals surface area contributed by atoms with Crippen LogP contribution in [0.5, 0.6) is 0 Å². The SMILES string of the molecule is C=CCn1nc(C)n(C(C)C)c1=O. The van der Waals surface area contributed by atoms with E-state index >= 15 is 0 Å². The second-order valence-electron chi connectivity index (χ2n) is 3.26. The van der Waals surface area contributed by atoms with E-state index in [1.165, 1.54) is 4.68 Å². The van der Waals surface area contributed by atoms with Crippen molar-refractivity contribution in [1.29, 1.82) is 0 Å². The first-order valence-corrected chi connectivity index (χ1v) is 4.34. The van der Waals surface area contributed by atoms with E-state index < -0.39 is 0 Å². The number of hydrogen-bond acceptors (Lipinski definition) is 2. The third-order valence-corrected chi connectivity index (χ3v) is 1.86. The maximum atomic E-state index is 11.6. The average molecular weight is 181 g/mol. The van der Waals surface area contributed by atoms with Crippen molar-refractivity contribution in [2.75, 3.05) is 0 Å². The fraction of sp³-hybridized carbons (Fsp3) is 0.556. The van der Waals surface area contributed by atoms with Gasteiger partial charge in [-0.3, -0.25) is 4.57 Å². The monoisotopic (exact) mass is 181 g/mol. The highest BCUT2D eigenvalue weighted by Crippen LogP contribution is 2.02. The Morgan fingerprint density at radius 3 is 2.62 bits per heavy atom. The molecule has 0 aliphatic rings. The third kappa shape index (κ3) is 1.71. The minimum Gasteiger partial charge on any atom is -0.277 e. The molecule has 0 fully saturated rings. The summed E-state index contributed by atoms with van der Waals surface area (Å²) in [6, 6.07) is 0.158. The Hall–Kier alpha value is -1.32. The fourth-order valence-corrected chi connectivity index (χ4v) is 1.36. The Balaban J connectivity index is 3.22. The summed E-state index contributed by atoms with van der Waals surface area (Å²) in [4.78, 5) is 11.6. The lowest BCUT2D eigenvalue weighted by Gasteiger charge is -2.04. The van der Waals surface area contributed by atoms with Gasteiger partial charge in [-0.2, -0.15) is 5.10 Å². The highest BCUT2D eigenvalue weighted by molar-refractivity contribution is 4.87. The Kier molecular flexibility index (Phi) is 2.70. The first-order valence-electron chi connectivity index (χ1n) is 4.34. The molecule has 0 radical (unpaired) electrons. The van der Waals surface area contributed by atoms with E-state index in [1.54, 1.807) is 10.6 Å². The van der Waals surface area contributed by atoms with Crippen LogP contribution < -0.4 is 5.69 Å². The molecule has 0 atom stereocenters. The molecule has 13 heavy (non-hydrogen) atoms. The van der Waals surface area contributed by atoms with E-state index in [1.807, 2.05) is 20.8 Å². The molecule has 1 heterocycles. The van der Waals surface area contributed by atoms with Gasteiger partial charge in [-0.1, -0.05) is 6.08 Å². The van der Waals surface area contributed by atoms with Gasteiger partial charge in [-0.25, -0.2) is 9.48 Å². The summed E-state index contributed by atoms with van der Waals surface area (Å²) >= 11 is 0. The molecule has 0 bridgehead atoms. The lowest BCUT2D eigenvalue weighted by Crippen LogP contribution is -2.26. The predicted molar refractivity (Wildman–Crippen MR) is 51.8 cm³/mol. The second-order valence-corrected chi connectivity index (χ2v) is 3.26. The topological polar surface area (TPSA) is 39.8 Å². The van der Waals surface area contributed by atoms with Crippen LogP contribution in [-0.4, -0.2) is 14.3 Å². The summed E-state index contributed by atoms with van der Waals surface area (Å²) in [6.07, 6.45) is 1.67. The zero-order valence-corrected chi connectivity index (χ0v) is 8.32. The van der Waals surface area contributed by atoms with Crippen molar-refractivity contribution in [1.82, 2.24) is 14.3 Å². The molecule has 1 rings (SSSR count). The van der Waals surface area contributed by atoms with E-state index in [2.05, 4.69) is 11.7 Å². The molecule has 72 valence electrons. The van der Waals surface area contributed by atoms with Crippen molar-refractivity contribution >= 4 is 0 Å². The number of hydrogen-bond donors (Lipinski definition) is 0. The molecule has 4 nitrogen and oxygen atoms in total. The van der Waals surface area contributed by atoms with Crippen molar-refractivity contribution < 1.29 is 0 Å². The van der Waals surface area contributed by atoms with Crippen LogP contribution in [0.15, 0.2) is 17.4 Å². The summed E-state index contributed by atoms with van der Waals surface area (Å²) in [7, 11) is 0. The van der Waals surface area contributed by atoms with Crippen molar-refractivity contribution in [2.24, 2.45) is 0 Å². The second kappa shape index (κ2) is 3.60. The first kappa shape index (κ1) is 9.77. The Bertz CT molecular complexity index is 359. The molecule has 4 heteroatoms. The van der Waals surface area contributed by atoms with E-state index in [0.29, 0.717) is 6.54 Å². The number of aryl methyl sites for hydroxylation is 1. The molecule has 0 saturated heterocycles. The zero-order chi connectivity index (χ0) is 10.0. The fourth-order valence-electron chi connectivity index (χ4n) is 1.36. The van der Waals surface area contributed by atoms with Crippen LogP contribution in [0.1, 0.15) is 25.7 Å². The standard InChI is InChI=1S/C9H15N3O/c1-5-6-11-9(13)12(7(2)3)8(4)10-11/h5,7H,1,6H2,2-4H3. The van der Waals surface area contributed by atoms with Crippen LogP contribution >= 0.6 is 0 Å². The number of rotatable bonds is 3. The molecule has 0 saturated carbocycles. The number of aromatic nitrogens is 3. The number of allylic oxidation sites excluding steroid dienone is 1. The van der Waals surface area contributed by atoms with Gasteiger partial charge in [0.05, 0.1) is 6.54 Å². The van der Waals surface area contributed by atoms with Crippen LogP contribution in [-0.2, 0) is 6.54 Å². The summed E-state index contributed by atoms with van der Waals surface area (Å²) in [5, 5.41) is 4.12. The molecule has 0 amide bonds. The van der Waals surface area contributed by atoms with Crippen LogP contribution in [0.2, 0.25) is 0 Å². The summed E-state index contributed by atoms with van der Waals surface area (Å²) < 4.78 is 3.09. The maximum Gasteiger partial charge on any atom is 0.346 e. The summed E-state index contributed by atoms with van der Waals surface area (Å²) in [5.74, 6) is 0.752. The van der Waals surface area contributed by atoms with Gasteiger partial charge < -0.3 is 0 Å². The van der Waals surface area contributed by atoms with Crippen molar-refractivity contribution in [3.8, 4) is 0 Å². The van der Waals surface area contributed by atoms with Crippen LogP contribution in [0, 0.1) is 6.92 Å². The highest BCUT2D eigenvalue weighted by atomic mass is 16.2. The van der Waals surface area contributed by atoms with Gasteiger partial charge in [0.15, 0.2) is 0 Å². The van der Waals surface area contributed by atoms with Gasteiger partial charge in [-0.05, 0) is 20.8 Å². The van der Waals surface area contributed by atoms with Crippen LogP contribution in [0.4, 0.5) is 0 Å². The largest absolute Gasteiger partial charge is 0.346 e. The molecule has 0 spiro atoms. The summed E-state index contributed by atoms with van der Waals surface area (Å²) in [5.41, 5.74) is -0.0626. The Labute approximate surface area is 77.5 Å². The van der Waals surface area contributed by atoms with E-state index in [-0.39, 0.29) is 11.7 Å². The molecule has 0 aliphatic carbocycles. The lowest BCUT2D eigenvalue weighted by atomic mass is 10.4. The van der Waals surface area contributed by atoms with E-state index in [0.717, 1.165) is 5.82 Å². The van der Waals surface area contributed by atoms with Gasteiger partial charge >= 0.3 is 5.69 Å². The van der Waals surface area contributed by atoms with Gasteiger partial charge in [0.2, 0.25) is 0 Å². The number of nitrogens with zero attached hydrogens (tertiary/aromatic N) is 3. The van der Waals surface area contributed by atoms with Gasteiger partial charge in [-0.15, -0.1) is 6.58 Å². The minimum absolute atomic E-state index is 0.0626. The van der Waals surface area contributed by atoms with Crippen molar-refractivity contribution in [3.05, 3.63) is 29.0 Å². The lowest BCUT2D eigenvalue weighted by molar-refractivity contribution is 0.551. The van der Waals surface area contributed by atoms with Crippen LogP contribution in [0.3, 0.4) is 0 Å². The van der Waals surface area contributed by atoms with Gasteiger partial charge in [0, 0.05) is 6.04 Å². The van der Waals surface area contributed by atoms with E-state index in [4.69, 9.17) is 0 Å². The molecule has 1 aromatic heterocycles. The molecule has 0 aliphatic heterocycles. The molecular formula is C9H15N3O. The molecule has 1 aromatic rings. The zero-order valence-electron chi connectivity index (χ0n) is 8.32.